The maximum Gasteiger partial charge on any atom is 0.139 e. The van der Waals surface area contributed by atoms with Crippen molar-refractivity contribution in [3.8, 4) is 5.82 Å². The molecule has 27 heavy (non-hydrogen) atoms. The van der Waals surface area contributed by atoms with Gasteiger partial charge in [-0.05, 0) is 70.0 Å². The van der Waals surface area contributed by atoms with E-state index in [9.17, 15) is 5.11 Å². The highest BCUT2D eigenvalue weighted by Gasteiger charge is 2.17. The van der Waals surface area contributed by atoms with Crippen molar-refractivity contribution in [2.45, 2.75) is 53.8 Å². The average Bonchev–Trinajstić information content (AvgIpc) is 3.11. The fourth-order valence-corrected chi connectivity index (χ4v) is 4.55. The Hall–Kier alpha value is -1.95. The van der Waals surface area contributed by atoms with Gasteiger partial charge in [-0.2, -0.15) is 0 Å². The van der Waals surface area contributed by atoms with Crippen molar-refractivity contribution < 1.29 is 5.11 Å². The minimum Gasteiger partial charge on any atom is -0.392 e. The van der Waals surface area contributed by atoms with E-state index >= 15 is 0 Å². The Morgan fingerprint density at radius 3 is 2.56 bits per heavy atom. The second-order valence-electron chi connectivity index (χ2n) is 7.41. The van der Waals surface area contributed by atoms with Gasteiger partial charge in [-0.25, -0.2) is 4.98 Å². The summed E-state index contributed by atoms with van der Waals surface area (Å²) in [5.41, 5.74) is 4.85. The number of aromatic nitrogens is 2. The lowest BCUT2D eigenvalue weighted by Gasteiger charge is -2.23. The zero-order valence-electron chi connectivity index (χ0n) is 16.9. The van der Waals surface area contributed by atoms with Crippen LogP contribution in [0.5, 0.6) is 0 Å². The van der Waals surface area contributed by atoms with Crippen LogP contribution in [-0.4, -0.2) is 32.2 Å². The van der Waals surface area contributed by atoms with Gasteiger partial charge < -0.3 is 9.67 Å². The number of hydrogen-bond acceptors (Lipinski definition) is 4. The molecule has 0 aliphatic carbocycles. The van der Waals surface area contributed by atoms with Gasteiger partial charge in [0.1, 0.15) is 5.82 Å². The molecule has 0 aliphatic heterocycles. The van der Waals surface area contributed by atoms with Crippen molar-refractivity contribution >= 4 is 11.3 Å². The standard InChI is InChI=1S/C22H29N3OS/c1-15-7-6-10-23-22(15)25-16(2)11-20(19(25)5)13-24(12-17(3)26)14-21-9-8-18(4)27-21/h6-11,17,26H,12-14H2,1-5H3. The van der Waals surface area contributed by atoms with E-state index in [0.717, 1.165) is 18.9 Å². The van der Waals surface area contributed by atoms with Crippen molar-refractivity contribution in [1.82, 2.24) is 14.5 Å². The predicted molar refractivity (Wildman–Crippen MR) is 113 cm³/mol. The normalized spacial score (nSPS) is 12.7. The summed E-state index contributed by atoms with van der Waals surface area (Å²) < 4.78 is 2.24. The van der Waals surface area contributed by atoms with Gasteiger partial charge in [-0.3, -0.25) is 4.90 Å². The monoisotopic (exact) mass is 383 g/mol. The summed E-state index contributed by atoms with van der Waals surface area (Å²) in [6, 6.07) is 10.7. The molecule has 0 radical (unpaired) electrons. The number of pyridine rings is 1. The molecule has 3 aromatic heterocycles. The molecule has 0 spiro atoms. The maximum atomic E-state index is 9.97. The fourth-order valence-electron chi connectivity index (χ4n) is 3.62. The first kappa shape index (κ1) is 19.8. The topological polar surface area (TPSA) is 41.3 Å². The number of hydrogen-bond donors (Lipinski definition) is 1. The zero-order chi connectivity index (χ0) is 19.6. The first-order chi connectivity index (χ1) is 12.8. The Morgan fingerprint density at radius 2 is 1.93 bits per heavy atom. The second-order valence-corrected chi connectivity index (χ2v) is 8.78. The van der Waals surface area contributed by atoms with Crippen LogP contribution in [0.2, 0.25) is 0 Å². The lowest BCUT2D eigenvalue weighted by molar-refractivity contribution is 0.118. The molecule has 3 rings (SSSR count). The largest absolute Gasteiger partial charge is 0.392 e. The molecule has 0 amide bonds. The van der Waals surface area contributed by atoms with Crippen molar-refractivity contribution in [1.29, 1.82) is 0 Å². The van der Waals surface area contributed by atoms with Gasteiger partial charge in [0, 0.05) is 47.0 Å². The number of thiophene rings is 1. The molecule has 1 N–H and O–H groups in total. The quantitative estimate of drug-likeness (QED) is 0.651. The molecule has 0 fully saturated rings. The van der Waals surface area contributed by atoms with E-state index < -0.39 is 0 Å². The molecule has 3 aromatic rings. The Bertz CT molecular complexity index is 910. The smallest absolute Gasteiger partial charge is 0.139 e. The van der Waals surface area contributed by atoms with Crippen LogP contribution in [0.1, 0.15) is 39.2 Å². The van der Waals surface area contributed by atoms with Crippen molar-refractivity contribution in [3.05, 3.63) is 68.8 Å². The van der Waals surface area contributed by atoms with Crippen LogP contribution in [0.4, 0.5) is 0 Å². The summed E-state index contributed by atoms with van der Waals surface area (Å²) in [4.78, 5) is 9.58. The molecule has 144 valence electrons. The molecule has 0 saturated carbocycles. The van der Waals surface area contributed by atoms with E-state index in [1.807, 2.05) is 30.5 Å². The Kier molecular flexibility index (Phi) is 6.15. The zero-order valence-corrected chi connectivity index (χ0v) is 17.7. The van der Waals surface area contributed by atoms with Crippen molar-refractivity contribution in [2.24, 2.45) is 0 Å². The highest BCUT2D eigenvalue weighted by molar-refractivity contribution is 7.11. The molecule has 0 aromatic carbocycles. The molecule has 4 nitrogen and oxygen atoms in total. The molecule has 1 atom stereocenters. The van der Waals surface area contributed by atoms with Gasteiger partial charge in [-0.15, -0.1) is 11.3 Å². The number of nitrogens with zero attached hydrogens (tertiary/aromatic N) is 3. The molecular weight excluding hydrogens is 354 g/mol. The highest BCUT2D eigenvalue weighted by atomic mass is 32.1. The average molecular weight is 384 g/mol. The van der Waals surface area contributed by atoms with Gasteiger partial charge in [0.2, 0.25) is 0 Å². The fraction of sp³-hybridized carbons (Fsp3) is 0.409. The van der Waals surface area contributed by atoms with Crippen molar-refractivity contribution in [3.63, 3.8) is 0 Å². The summed E-state index contributed by atoms with van der Waals surface area (Å²) in [6.45, 7) is 12.7. The minimum atomic E-state index is -0.354. The maximum absolute atomic E-state index is 9.97. The minimum absolute atomic E-state index is 0.354. The van der Waals surface area contributed by atoms with Crippen LogP contribution in [0, 0.1) is 27.7 Å². The Labute approximate surface area is 166 Å². The first-order valence-electron chi connectivity index (χ1n) is 9.40. The predicted octanol–water partition coefficient (Wildman–Crippen LogP) is 4.55. The Balaban J connectivity index is 1.88. The van der Waals surface area contributed by atoms with Crippen LogP contribution < -0.4 is 0 Å². The first-order valence-corrected chi connectivity index (χ1v) is 10.2. The second kappa shape index (κ2) is 8.38. The SMILES string of the molecule is Cc1ccc(CN(Cc2cc(C)n(-c3ncccc3C)c2C)CC(C)O)s1. The number of rotatable bonds is 7. The van der Waals surface area contributed by atoms with E-state index in [0.29, 0.717) is 6.54 Å². The van der Waals surface area contributed by atoms with E-state index in [-0.39, 0.29) is 6.10 Å². The third kappa shape index (κ3) is 4.67. The lowest BCUT2D eigenvalue weighted by atomic mass is 10.2. The van der Waals surface area contributed by atoms with Gasteiger partial charge >= 0.3 is 0 Å². The van der Waals surface area contributed by atoms with Crippen molar-refractivity contribution in [2.75, 3.05) is 6.54 Å². The van der Waals surface area contributed by atoms with Crippen LogP contribution >= 0.6 is 11.3 Å². The van der Waals surface area contributed by atoms with E-state index in [4.69, 9.17) is 0 Å². The molecule has 5 heteroatoms. The summed E-state index contributed by atoms with van der Waals surface area (Å²) in [6.07, 6.45) is 1.49. The summed E-state index contributed by atoms with van der Waals surface area (Å²) in [7, 11) is 0. The van der Waals surface area contributed by atoms with E-state index in [1.165, 1.54) is 32.3 Å². The third-order valence-corrected chi connectivity index (χ3v) is 5.81. The van der Waals surface area contributed by atoms with Gasteiger partial charge in [-0.1, -0.05) is 6.07 Å². The van der Waals surface area contributed by atoms with Crippen LogP contribution in [-0.2, 0) is 13.1 Å². The molecule has 0 saturated heterocycles. The number of aliphatic hydroxyl groups is 1. The van der Waals surface area contributed by atoms with Crippen LogP contribution in [0.3, 0.4) is 0 Å². The third-order valence-electron chi connectivity index (χ3n) is 4.82. The summed E-state index contributed by atoms with van der Waals surface area (Å²) >= 11 is 1.83. The van der Waals surface area contributed by atoms with Gasteiger partial charge in [0.15, 0.2) is 0 Å². The van der Waals surface area contributed by atoms with Crippen LogP contribution in [0.15, 0.2) is 36.5 Å². The molecule has 1 unspecified atom stereocenters. The molecule has 3 heterocycles. The highest BCUT2D eigenvalue weighted by Crippen LogP contribution is 2.24. The summed E-state index contributed by atoms with van der Waals surface area (Å²) in [5, 5.41) is 9.97. The molecule has 0 bridgehead atoms. The molecule has 0 aliphatic rings. The van der Waals surface area contributed by atoms with E-state index in [1.54, 1.807) is 0 Å². The summed E-state index contributed by atoms with van der Waals surface area (Å²) in [5.74, 6) is 0.995. The Morgan fingerprint density at radius 1 is 1.15 bits per heavy atom. The number of aliphatic hydroxyl groups excluding tert-OH is 1. The van der Waals surface area contributed by atoms with Gasteiger partial charge in [0.25, 0.3) is 0 Å². The van der Waals surface area contributed by atoms with Gasteiger partial charge in [0.05, 0.1) is 6.10 Å². The molecular formula is C22H29N3OS. The number of aryl methyl sites for hydroxylation is 3. The van der Waals surface area contributed by atoms with E-state index in [2.05, 4.69) is 66.4 Å². The van der Waals surface area contributed by atoms with Crippen LogP contribution in [0.25, 0.3) is 5.82 Å². The lowest BCUT2D eigenvalue weighted by Crippen LogP contribution is -2.30.